The monoisotopic (exact) mass is 469 g/mol. The number of rotatable bonds is 9. The largest absolute Gasteiger partial charge is 0.460 e. The van der Waals surface area contributed by atoms with Crippen LogP contribution < -0.4 is 0 Å². The van der Waals surface area contributed by atoms with Gasteiger partial charge in [-0.25, -0.2) is 0 Å². The van der Waals surface area contributed by atoms with Gasteiger partial charge in [0.1, 0.15) is 23.2 Å². The van der Waals surface area contributed by atoms with Crippen molar-refractivity contribution in [3.05, 3.63) is 60.2 Å². The summed E-state index contributed by atoms with van der Waals surface area (Å²) in [5.41, 5.74) is 2.83. The first-order chi connectivity index (χ1) is 16.2. The molecule has 3 aromatic rings. The molecule has 1 aromatic heterocycles. The minimum absolute atomic E-state index is 0.0234. The van der Waals surface area contributed by atoms with Crippen molar-refractivity contribution >= 4 is 17.0 Å². The zero-order chi connectivity index (χ0) is 25.1. The molecule has 0 amide bonds. The summed E-state index contributed by atoms with van der Waals surface area (Å²) in [7, 11) is 0. The number of carbonyl (C=O) groups is 1. The number of nitrogens with zero attached hydrogens (tertiary/aromatic N) is 3. The summed E-state index contributed by atoms with van der Waals surface area (Å²) < 4.78 is 6.12. The van der Waals surface area contributed by atoms with E-state index in [-0.39, 0.29) is 42.7 Å². The number of benzene rings is 2. The Labute approximate surface area is 202 Å². The smallest absolute Gasteiger partial charge is 0.306 e. The summed E-state index contributed by atoms with van der Waals surface area (Å²) in [6, 6.07) is 17.8. The van der Waals surface area contributed by atoms with Crippen molar-refractivity contribution in [3.63, 3.8) is 0 Å². The minimum atomic E-state index is -0.305. The summed E-state index contributed by atoms with van der Waals surface area (Å²) in [5, 5.41) is 24.6. The third kappa shape index (κ3) is 7.92. The average molecular weight is 470 g/mol. The van der Waals surface area contributed by atoms with Crippen molar-refractivity contribution in [2.45, 2.75) is 66.0 Å². The highest BCUT2D eigenvalue weighted by molar-refractivity contribution is 5.73. The van der Waals surface area contributed by atoms with E-state index in [0.29, 0.717) is 12.8 Å². The van der Waals surface area contributed by atoms with Crippen molar-refractivity contribution in [2.24, 2.45) is 11.3 Å². The highest BCUT2D eigenvalue weighted by Crippen LogP contribution is 2.36. The van der Waals surface area contributed by atoms with Crippen LogP contribution >= 0.6 is 0 Å². The maximum atomic E-state index is 12.8. The van der Waals surface area contributed by atoms with Gasteiger partial charge in [0, 0.05) is 12.3 Å². The lowest BCUT2D eigenvalue weighted by atomic mass is 9.76. The molecule has 7 nitrogen and oxygen atoms in total. The predicted octanol–water partition coefficient (Wildman–Crippen LogP) is 4.58. The Balaban J connectivity index is 0.000000945. The molecule has 2 N–H and O–H groups in total. The van der Waals surface area contributed by atoms with E-state index in [1.54, 1.807) is 4.80 Å². The number of aliphatic hydroxyl groups excluding tert-OH is 2. The fraction of sp³-hybridized carbons (Fsp3) is 0.519. The minimum Gasteiger partial charge on any atom is -0.460 e. The predicted molar refractivity (Wildman–Crippen MR) is 134 cm³/mol. The fourth-order valence-corrected chi connectivity index (χ4v) is 3.66. The van der Waals surface area contributed by atoms with Gasteiger partial charge in [-0.05, 0) is 36.0 Å². The molecular formula is C27H39N3O4. The number of aromatic nitrogens is 3. The molecule has 0 saturated carbocycles. The number of hydrogen-bond donors (Lipinski definition) is 2. The number of hydrogen-bond acceptors (Lipinski definition) is 6. The Morgan fingerprint density at radius 3 is 1.97 bits per heavy atom. The molecule has 0 fully saturated rings. The van der Waals surface area contributed by atoms with Crippen LogP contribution in [0.3, 0.4) is 0 Å². The first-order valence-corrected chi connectivity index (χ1v) is 12.0. The van der Waals surface area contributed by atoms with E-state index in [9.17, 15) is 4.79 Å². The molecule has 1 heterocycles. The Hall–Kier alpha value is -2.77. The molecule has 3 unspecified atom stereocenters. The number of fused-ring (bicyclic) bond motifs is 1. The van der Waals surface area contributed by atoms with Crippen LogP contribution in [-0.2, 0) is 16.0 Å². The standard InChI is InChI=1S/C25H33N3O2.C2H6O2/c1-6-22(28-26-20-14-10-11-15-21(20)27-28)24(18(2)25(3,4)5)30-23(29)17-16-19-12-8-7-9-13-19;3-1-2-4/h7-15,18,22,24H,6,16-17H2,1-5H3;3-4H,1-2H2. The highest BCUT2D eigenvalue weighted by atomic mass is 16.5. The highest BCUT2D eigenvalue weighted by Gasteiger charge is 2.38. The summed E-state index contributed by atoms with van der Waals surface area (Å²) >= 11 is 0. The molecule has 2 aromatic carbocycles. The van der Waals surface area contributed by atoms with Crippen LogP contribution in [0.25, 0.3) is 11.0 Å². The second kappa shape index (κ2) is 13.2. The van der Waals surface area contributed by atoms with Crippen LogP contribution in [0.15, 0.2) is 54.6 Å². The summed E-state index contributed by atoms with van der Waals surface area (Å²) in [6.45, 7) is 10.5. The Kier molecular flexibility index (Phi) is 10.7. The van der Waals surface area contributed by atoms with E-state index in [0.717, 1.165) is 23.0 Å². The second-order valence-electron chi connectivity index (χ2n) is 9.53. The van der Waals surface area contributed by atoms with Crippen LogP contribution in [0.2, 0.25) is 0 Å². The van der Waals surface area contributed by atoms with E-state index in [1.165, 1.54) is 0 Å². The average Bonchev–Trinajstić information content (AvgIpc) is 3.26. The number of ether oxygens (including phenoxy) is 1. The Morgan fingerprint density at radius 1 is 0.971 bits per heavy atom. The molecule has 0 saturated heterocycles. The lowest BCUT2D eigenvalue weighted by Gasteiger charge is -2.37. The number of aryl methyl sites for hydroxylation is 1. The molecular weight excluding hydrogens is 430 g/mol. The zero-order valence-corrected chi connectivity index (χ0v) is 21.0. The number of aliphatic hydroxyl groups is 2. The molecule has 0 bridgehead atoms. The molecule has 0 aliphatic rings. The Bertz CT molecular complexity index is 963. The van der Waals surface area contributed by atoms with Gasteiger partial charge in [0.25, 0.3) is 0 Å². The topological polar surface area (TPSA) is 97.5 Å². The van der Waals surface area contributed by atoms with Gasteiger partial charge in [0.15, 0.2) is 0 Å². The van der Waals surface area contributed by atoms with Crippen molar-refractivity contribution in [1.29, 1.82) is 0 Å². The van der Waals surface area contributed by atoms with Crippen LogP contribution in [0, 0.1) is 11.3 Å². The third-order valence-corrected chi connectivity index (χ3v) is 6.08. The molecule has 0 aliphatic heterocycles. The molecule has 3 atom stereocenters. The normalized spacial score (nSPS) is 14.1. The van der Waals surface area contributed by atoms with Crippen LogP contribution in [-0.4, -0.2) is 50.5 Å². The lowest BCUT2D eigenvalue weighted by Crippen LogP contribution is -2.40. The molecule has 0 spiro atoms. The van der Waals surface area contributed by atoms with Crippen molar-refractivity contribution in [3.8, 4) is 0 Å². The lowest BCUT2D eigenvalue weighted by molar-refractivity contribution is -0.158. The van der Waals surface area contributed by atoms with Crippen LogP contribution in [0.4, 0.5) is 0 Å². The Morgan fingerprint density at radius 2 is 1.50 bits per heavy atom. The first-order valence-electron chi connectivity index (χ1n) is 12.0. The maximum absolute atomic E-state index is 12.8. The molecule has 34 heavy (non-hydrogen) atoms. The second-order valence-corrected chi connectivity index (χ2v) is 9.53. The SMILES string of the molecule is CCC(C(OC(=O)CCc1ccccc1)C(C)C(C)(C)C)n1nc2ccccc2n1.OCCO. The molecule has 3 rings (SSSR count). The quantitative estimate of drug-likeness (QED) is 0.445. The molecule has 0 radical (unpaired) electrons. The van der Waals surface area contributed by atoms with Crippen molar-refractivity contribution in [2.75, 3.05) is 13.2 Å². The summed E-state index contributed by atoms with van der Waals surface area (Å²) in [4.78, 5) is 14.6. The third-order valence-electron chi connectivity index (χ3n) is 6.08. The van der Waals surface area contributed by atoms with Crippen LogP contribution in [0.5, 0.6) is 0 Å². The summed E-state index contributed by atoms with van der Waals surface area (Å²) in [5.74, 6) is -0.0349. The molecule has 0 aliphatic carbocycles. The zero-order valence-electron chi connectivity index (χ0n) is 21.0. The van der Waals surface area contributed by atoms with Gasteiger partial charge in [0.2, 0.25) is 0 Å². The van der Waals surface area contributed by atoms with E-state index >= 15 is 0 Å². The summed E-state index contributed by atoms with van der Waals surface area (Å²) in [6.07, 6.45) is 1.51. The molecule has 186 valence electrons. The van der Waals surface area contributed by atoms with E-state index in [1.807, 2.05) is 54.6 Å². The van der Waals surface area contributed by atoms with E-state index in [4.69, 9.17) is 14.9 Å². The molecule has 7 heteroatoms. The van der Waals surface area contributed by atoms with Gasteiger partial charge >= 0.3 is 5.97 Å². The van der Waals surface area contributed by atoms with Gasteiger partial charge in [-0.1, -0.05) is 77.1 Å². The fourth-order valence-electron chi connectivity index (χ4n) is 3.66. The van der Waals surface area contributed by atoms with Gasteiger partial charge in [0.05, 0.1) is 13.2 Å². The van der Waals surface area contributed by atoms with Crippen molar-refractivity contribution < 1.29 is 19.7 Å². The van der Waals surface area contributed by atoms with Gasteiger partial charge in [-0.15, -0.1) is 0 Å². The van der Waals surface area contributed by atoms with Gasteiger partial charge in [-0.2, -0.15) is 15.0 Å². The number of esters is 1. The van der Waals surface area contributed by atoms with Crippen molar-refractivity contribution in [1.82, 2.24) is 15.0 Å². The maximum Gasteiger partial charge on any atom is 0.306 e. The van der Waals surface area contributed by atoms with E-state index < -0.39 is 0 Å². The van der Waals surface area contributed by atoms with Gasteiger partial charge in [-0.3, -0.25) is 4.79 Å². The van der Waals surface area contributed by atoms with E-state index in [2.05, 4.69) is 44.8 Å². The van der Waals surface area contributed by atoms with Crippen LogP contribution in [0.1, 0.15) is 59.1 Å². The first kappa shape index (κ1) is 27.5. The van der Waals surface area contributed by atoms with Gasteiger partial charge < -0.3 is 14.9 Å². The number of carbonyl (C=O) groups excluding carboxylic acids is 1.